The fourth-order valence-electron chi connectivity index (χ4n) is 1.45. The van der Waals surface area contributed by atoms with Gasteiger partial charge in [-0.25, -0.2) is 0 Å². The first kappa shape index (κ1) is 13.4. The number of hydrogen-bond acceptors (Lipinski definition) is 4. The lowest BCUT2D eigenvalue weighted by Gasteiger charge is -1.93. The van der Waals surface area contributed by atoms with Crippen LogP contribution in [0, 0.1) is 6.92 Å². The van der Waals surface area contributed by atoms with Crippen molar-refractivity contribution in [2.24, 2.45) is 5.16 Å². The van der Waals surface area contributed by atoms with Crippen LogP contribution in [0.3, 0.4) is 0 Å². The molecular weight excluding hydrogens is 286 g/mol. The van der Waals surface area contributed by atoms with Gasteiger partial charge in [0.15, 0.2) is 12.4 Å². The Labute approximate surface area is 109 Å². The van der Waals surface area contributed by atoms with Gasteiger partial charge in [-0.15, -0.1) is 0 Å². The molecule has 5 nitrogen and oxygen atoms in total. The predicted octanol–water partition coefficient (Wildman–Crippen LogP) is -1.87. The fourth-order valence-corrected chi connectivity index (χ4v) is 1.45. The molecular formula is C11H12BrN3O2. The molecule has 0 aromatic carbocycles. The SMILES string of the molecule is Cc1cc(C[n+]2cccc(C=NO)c2)on1.[Br-]. The van der Waals surface area contributed by atoms with Crippen LogP contribution >= 0.6 is 0 Å². The number of pyridine rings is 1. The molecule has 0 aliphatic rings. The van der Waals surface area contributed by atoms with E-state index in [0.717, 1.165) is 17.0 Å². The average Bonchev–Trinajstić information content (AvgIpc) is 2.65. The maximum atomic E-state index is 8.44. The topological polar surface area (TPSA) is 62.5 Å². The molecule has 0 aliphatic carbocycles. The van der Waals surface area contributed by atoms with Crippen LogP contribution in [-0.4, -0.2) is 16.6 Å². The van der Waals surface area contributed by atoms with E-state index in [0.29, 0.717) is 6.54 Å². The Bertz CT molecular complexity index is 511. The highest BCUT2D eigenvalue weighted by molar-refractivity contribution is 5.77. The van der Waals surface area contributed by atoms with Crippen molar-refractivity contribution in [3.05, 3.63) is 47.6 Å². The Kier molecular flexibility index (Phi) is 4.84. The van der Waals surface area contributed by atoms with Crippen LogP contribution in [0.25, 0.3) is 0 Å². The molecule has 0 saturated carbocycles. The third kappa shape index (κ3) is 3.67. The Morgan fingerprint density at radius 1 is 1.59 bits per heavy atom. The molecule has 0 unspecified atom stereocenters. The van der Waals surface area contributed by atoms with Crippen LogP contribution in [-0.2, 0) is 6.54 Å². The number of halogens is 1. The van der Waals surface area contributed by atoms with Crippen LogP contribution in [0.5, 0.6) is 0 Å². The highest BCUT2D eigenvalue weighted by Crippen LogP contribution is 2.01. The fraction of sp³-hybridized carbons (Fsp3) is 0.182. The second kappa shape index (κ2) is 6.15. The number of nitrogens with zero attached hydrogens (tertiary/aromatic N) is 3. The number of oxime groups is 1. The molecule has 0 spiro atoms. The van der Waals surface area contributed by atoms with Gasteiger partial charge >= 0.3 is 0 Å². The molecule has 0 radical (unpaired) electrons. The quantitative estimate of drug-likeness (QED) is 0.313. The van der Waals surface area contributed by atoms with Gasteiger partial charge in [-0.05, 0) is 13.0 Å². The van der Waals surface area contributed by atoms with Gasteiger partial charge < -0.3 is 26.7 Å². The van der Waals surface area contributed by atoms with Crippen LogP contribution in [0.4, 0.5) is 0 Å². The van der Waals surface area contributed by atoms with E-state index in [4.69, 9.17) is 9.73 Å². The minimum Gasteiger partial charge on any atom is -1.00 e. The molecule has 6 heteroatoms. The highest BCUT2D eigenvalue weighted by atomic mass is 79.9. The molecule has 0 atom stereocenters. The molecule has 2 rings (SSSR count). The van der Waals surface area contributed by atoms with Crippen LogP contribution in [0.2, 0.25) is 0 Å². The second-order valence-electron chi connectivity index (χ2n) is 3.49. The third-order valence-corrected chi connectivity index (χ3v) is 2.10. The number of aromatic nitrogens is 2. The summed E-state index contributed by atoms with van der Waals surface area (Å²) in [5.74, 6) is 0.792. The summed E-state index contributed by atoms with van der Waals surface area (Å²) in [4.78, 5) is 0. The summed E-state index contributed by atoms with van der Waals surface area (Å²) in [7, 11) is 0. The smallest absolute Gasteiger partial charge is 0.208 e. The van der Waals surface area contributed by atoms with Gasteiger partial charge in [-0.1, -0.05) is 10.3 Å². The summed E-state index contributed by atoms with van der Waals surface area (Å²) < 4.78 is 7.04. The summed E-state index contributed by atoms with van der Waals surface area (Å²) in [5, 5.41) is 15.2. The van der Waals surface area contributed by atoms with E-state index in [2.05, 4.69) is 10.3 Å². The lowest BCUT2D eigenvalue weighted by atomic mass is 10.3. The van der Waals surface area contributed by atoms with E-state index >= 15 is 0 Å². The molecule has 0 fully saturated rings. The second-order valence-corrected chi connectivity index (χ2v) is 3.49. The van der Waals surface area contributed by atoms with Crippen molar-refractivity contribution >= 4 is 6.21 Å². The van der Waals surface area contributed by atoms with Crippen molar-refractivity contribution in [3.63, 3.8) is 0 Å². The summed E-state index contributed by atoms with van der Waals surface area (Å²) in [6.45, 7) is 2.49. The zero-order valence-corrected chi connectivity index (χ0v) is 10.8. The largest absolute Gasteiger partial charge is 1.00 e. The lowest BCUT2D eigenvalue weighted by Crippen LogP contribution is -3.00. The van der Waals surface area contributed by atoms with Gasteiger partial charge in [0, 0.05) is 12.1 Å². The van der Waals surface area contributed by atoms with Crippen LogP contribution in [0.15, 0.2) is 40.3 Å². The molecule has 17 heavy (non-hydrogen) atoms. The van der Waals surface area contributed by atoms with Crippen LogP contribution < -0.4 is 21.5 Å². The van der Waals surface area contributed by atoms with Gasteiger partial charge in [0.2, 0.25) is 12.3 Å². The standard InChI is InChI=1S/C11H11N3O2.BrH/c1-9-5-11(16-13-9)8-14-4-2-3-10(7-14)6-12-15;/h2-7H,8H2,1H3;1H. The van der Waals surface area contributed by atoms with Gasteiger partial charge in [-0.3, -0.25) is 0 Å². The molecule has 90 valence electrons. The van der Waals surface area contributed by atoms with E-state index in [1.165, 1.54) is 6.21 Å². The van der Waals surface area contributed by atoms with Crippen molar-refractivity contribution in [2.45, 2.75) is 13.5 Å². The third-order valence-electron chi connectivity index (χ3n) is 2.10. The van der Waals surface area contributed by atoms with E-state index in [9.17, 15) is 0 Å². The molecule has 0 bridgehead atoms. The zero-order chi connectivity index (χ0) is 11.4. The first-order valence-electron chi connectivity index (χ1n) is 4.86. The van der Waals surface area contributed by atoms with Gasteiger partial charge in [0.05, 0.1) is 17.5 Å². The van der Waals surface area contributed by atoms with E-state index in [-0.39, 0.29) is 17.0 Å². The first-order valence-corrected chi connectivity index (χ1v) is 4.86. The molecule has 2 aromatic heterocycles. The number of hydrogen-bond donors (Lipinski definition) is 1. The minimum absolute atomic E-state index is 0. The molecule has 2 heterocycles. The van der Waals surface area contributed by atoms with E-state index in [1.54, 1.807) is 0 Å². The Morgan fingerprint density at radius 3 is 3.06 bits per heavy atom. The van der Waals surface area contributed by atoms with E-state index in [1.807, 2.05) is 42.1 Å². The van der Waals surface area contributed by atoms with E-state index < -0.39 is 0 Å². The summed E-state index contributed by atoms with van der Waals surface area (Å²) in [6.07, 6.45) is 5.15. The van der Waals surface area contributed by atoms with Crippen LogP contribution in [0.1, 0.15) is 17.0 Å². The van der Waals surface area contributed by atoms with Gasteiger partial charge in [0.25, 0.3) is 0 Å². The maximum absolute atomic E-state index is 8.44. The Hall–Kier alpha value is -1.69. The van der Waals surface area contributed by atoms with Crippen molar-refractivity contribution in [1.82, 2.24) is 5.16 Å². The van der Waals surface area contributed by atoms with Crippen molar-refractivity contribution in [2.75, 3.05) is 0 Å². The predicted molar refractivity (Wildman–Crippen MR) is 56.4 cm³/mol. The number of aryl methyl sites for hydroxylation is 1. The van der Waals surface area contributed by atoms with Gasteiger partial charge in [-0.2, -0.15) is 4.57 Å². The summed E-state index contributed by atoms with van der Waals surface area (Å²) in [6, 6.07) is 5.61. The molecule has 0 saturated heterocycles. The number of rotatable bonds is 3. The minimum atomic E-state index is 0. The molecule has 1 N–H and O–H groups in total. The van der Waals surface area contributed by atoms with Crippen molar-refractivity contribution in [1.29, 1.82) is 0 Å². The summed E-state index contributed by atoms with van der Waals surface area (Å²) in [5.41, 5.74) is 1.69. The van der Waals surface area contributed by atoms with Gasteiger partial charge in [0.1, 0.15) is 0 Å². The Balaban J connectivity index is 0.00000144. The molecule has 0 amide bonds. The molecule has 2 aromatic rings. The zero-order valence-electron chi connectivity index (χ0n) is 9.25. The monoisotopic (exact) mass is 297 g/mol. The first-order chi connectivity index (χ1) is 7.78. The maximum Gasteiger partial charge on any atom is 0.208 e. The normalized spacial score (nSPS) is 10.4. The summed E-state index contributed by atoms with van der Waals surface area (Å²) >= 11 is 0. The van der Waals surface area contributed by atoms with Crippen molar-refractivity contribution in [3.8, 4) is 0 Å². The Morgan fingerprint density at radius 2 is 2.41 bits per heavy atom. The van der Waals surface area contributed by atoms with Crippen molar-refractivity contribution < 1.29 is 31.3 Å². The lowest BCUT2D eigenvalue weighted by molar-refractivity contribution is -0.690. The molecule has 0 aliphatic heterocycles. The highest BCUT2D eigenvalue weighted by Gasteiger charge is 2.07. The average molecular weight is 298 g/mol.